The first kappa shape index (κ1) is 12.0. The van der Waals surface area contributed by atoms with Crippen LogP contribution in [0.3, 0.4) is 0 Å². The van der Waals surface area contributed by atoms with Crippen molar-refractivity contribution in [3.8, 4) is 5.75 Å². The van der Waals surface area contributed by atoms with Gasteiger partial charge < -0.3 is 4.74 Å². The topological polar surface area (TPSA) is 34.0 Å². The quantitative estimate of drug-likeness (QED) is 0.595. The molecule has 3 nitrogen and oxygen atoms in total. The molecule has 0 aliphatic rings. The van der Waals surface area contributed by atoms with Crippen LogP contribution in [-0.4, -0.2) is 19.5 Å². The third-order valence-electron chi connectivity index (χ3n) is 2.40. The Balaban J connectivity index is 1.96. The van der Waals surface area contributed by atoms with Gasteiger partial charge in [0.15, 0.2) is 0 Å². The van der Waals surface area contributed by atoms with Gasteiger partial charge in [0.2, 0.25) is 0 Å². The largest absolute Gasteiger partial charge is 0.497 e. The lowest BCUT2D eigenvalue weighted by molar-refractivity contribution is 0.415. The number of methoxy groups -OCH3 is 1. The van der Waals surface area contributed by atoms with E-state index in [0.29, 0.717) is 0 Å². The first-order valence-electron chi connectivity index (χ1n) is 5.64. The van der Waals surface area contributed by atoms with Crippen molar-refractivity contribution in [3.63, 3.8) is 0 Å². The Morgan fingerprint density at radius 2 is 1.33 bits per heavy atom. The van der Waals surface area contributed by atoms with Crippen molar-refractivity contribution in [3.05, 3.63) is 65.7 Å². The minimum Gasteiger partial charge on any atom is -0.497 e. The van der Waals surface area contributed by atoms with E-state index in [-0.39, 0.29) is 0 Å². The maximum atomic E-state index is 5.08. The molecule has 0 saturated heterocycles. The van der Waals surface area contributed by atoms with Crippen molar-refractivity contribution in [2.45, 2.75) is 0 Å². The molecular weight excluding hydrogens is 224 g/mol. The zero-order valence-corrected chi connectivity index (χ0v) is 10.2. The number of hydrogen-bond acceptors (Lipinski definition) is 3. The SMILES string of the molecule is COc1ccc(/C=N/N=C\c2ccccc2)cc1. The molecule has 0 fully saturated rings. The van der Waals surface area contributed by atoms with Gasteiger partial charge in [-0.25, -0.2) is 0 Å². The molecule has 90 valence electrons. The Hall–Kier alpha value is -2.42. The van der Waals surface area contributed by atoms with Crippen molar-refractivity contribution >= 4 is 12.4 Å². The minimum absolute atomic E-state index is 0.833. The van der Waals surface area contributed by atoms with Gasteiger partial charge in [0.1, 0.15) is 5.75 Å². The third-order valence-corrected chi connectivity index (χ3v) is 2.40. The summed E-state index contributed by atoms with van der Waals surface area (Å²) in [6, 6.07) is 17.5. The molecule has 2 aromatic carbocycles. The average molecular weight is 238 g/mol. The zero-order chi connectivity index (χ0) is 12.6. The smallest absolute Gasteiger partial charge is 0.118 e. The predicted molar refractivity (Wildman–Crippen MR) is 74.6 cm³/mol. The Kier molecular flexibility index (Phi) is 4.25. The van der Waals surface area contributed by atoms with E-state index in [1.165, 1.54) is 0 Å². The Labute approximate surface area is 106 Å². The Morgan fingerprint density at radius 3 is 1.89 bits per heavy atom. The van der Waals surface area contributed by atoms with E-state index in [1.807, 2.05) is 54.6 Å². The molecule has 0 radical (unpaired) electrons. The van der Waals surface area contributed by atoms with Crippen LogP contribution in [0.15, 0.2) is 64.8 Å². The van der Waals surface area contributed by atoms with Crippen molar-refractivity contribution in [1.29, 1.82) is 0 Å². The highest BCUT2D eigenvalue weighted by molar-refractivity contribution is 5.82. The molecular formula is C15H14N2O. The van der Waals surface area contributed by atoms with Gasteiger partial charge in [0, 0.05) is 0 Å². The first-order chi connectivity index (χ1) is 8.88. The highest BCUT2D eigenvalue weighted by atomic mass is 16.5. The minimum atomic E-state index is 0.833. The molecule has 0 unspecified atom stereocenters. The van der Waals surface area contributed by atoms with Gasteiger partial charge in [-0.1, -0.05) is 30.3 Å². The molecule has 0 bridgehead atoms. The van der Waals surface area contributed by atoms with Crippen LogP contribution in [0.5, 0.6) is 5.75 Å². The molecule has 0 aromatic heterocycles. The van der Waals surface area contributed by atoms with Gasteiger partial charge in [-0.05, 0) is 35.4 Å². The van der Waals surface area contributed by atoms with Gasteiger partial charge in [-0.15, -0.1) is 0 Å². The summed E-state index contributed by atoms with van der Waals surface area (Å²) in [5, 5.41) is 7.99. The number of hydrogen-bond donors (Lipinski definition) is 0. The van der Waals surface area contributed by atoms with Crippen LogP contribution in [0.25, 0.3) is 0 Å². The van der Waals surface area contributed by atoms with Crippen LogP contribution in [0, 0.1) is 0 Å². The van der Waals surface area contributed by atoms with Crippen molar-refractivity contribution in [2.75, 3.05) is 7.11 Å². The second kappa shape index (κ2) is 6.35. The van der Waals surface area contributed by atoms with Crippen LogP contribution < -0.4 is 4.74 Å². The number of ether oxygens (including phenoxy) is 1. The van der Waals surface area contributed by atoms with E-state index in [9.17, 15) is 0 Å². The highest BCUT2D eigenvalue weighted by Crippen LogP contribution is 2.09. The summed E-state index contributed by atoms with van der Waals surface area (Å²) in [7, 11) is 1.65. The summed E-state index contributed by atoms with van der Waals surface area (Å²) in [6.07, 6.45) is 3.43. The van der Waals surface area contributed by atoms with Crippen molar-refractivity contribution in [1.82, 2.24) is 0 Å². The van der Waals surface area contributed by atoms with Crippen LogP contribution in [0.2, 0.25) is 0 Å². The number of rotatable bonds is 4. The monoisotopic (exact) mass is 238 g/mol. The van der Waals surface area contributed by atoms with Crippen molar-refractivity contribution < 1.29 is 4.74 Å². The number of nitrogens with zero attached hydrogens (tertiary/aromatic N) is 2. The van der Waals surface area contributed by atoms with Gasteiger partial charge in [-0.3, -0.25) is 0 Å². The van der Waals surface area contributed by atoms with E-state index < -0.39 is 0 Å². The zero-order valence-electron chi connectivity index (χ0n) is 10.2. The van der Waals surface area contributed by atoms with Crippen LogP contribution in [-0.2, 0) is 0 Å². The molecule has 0 saturated carbocycles. The second-order valence-corrected chi connectivity index (χ2v) is 3.67. The molecule has 0 amide bonds. The second-order valence-electron chi connectivity index (χ2n) is 3.67. The molecule has 0 atom stereocenters. The first-order valence-corrected chi connectivity index (χ1v) is 5.64. The van der Waals surface area contributed by atoms with Gasteiger partial charge in [0.25, 0.3) is 0 Å². The fourth-order valence-electron chi connectivity index (χ4n) is 1.43. The summed E-state index contributed by atoms with van der Waals surface area (Å²) in [5.41, 5.74) is 2.02. The molecule has 2 aromatic rings. The van der Waals surface area contributed by atoms with E-state index in [4.69, 9.17) is 4.74 Å². The molecule has 18 heavy (non-hydrogen) atoms. The summed E-state index contributed by atoms with van der Waals surface area (Å²) < 4.78 is 5.08. The van der Waals surface area contributed by atoms with E-state index in [0.717, 1.165) is 16.9 Å². The highest BCUT2D eigenvalue weighted by Gasteiger charge is 1.89. The lowest BCUT2D eigenvalue weighted by atomic mass is 10.2. The Morgan fingerprint density at radius 1 is 0.778 bits per heavy atom. The lowest BCUT2D eigenvalue weighted by Crippen LogP contribution is -1.84. The molecule has 0 heterocycles. The Bertz CT molecular complexity index is 530. The lowest BCUT2D eigenvalue weighted by Gasteiger charge is -1.97. The normalized spacial score (nSPS) is 11.2. The fraction of sp³-hybridized carbons (Fsp3) is 0.0667. The third kappa shape index (κ3) is 3.56. The summed E-state index contributed by atoms with van der Waals surface area (Å²) in [4.78, 5) is 0. The fourth-order valence-corrected chi connectivity index (χ4v) is 1.43. The molecule has 0 aliphatic heterocycles. The maximum absolute atomic E-state index is 5.08. The summed E-state index contributed by atoms with van der Waals surface area (Å²) in [5.74, 6) is 0.833. The average Bonchev–Trinajstić information content (AvgIpc) is 2.45. The van der Waals surface area contributed by atoms with Gasteiger partial charge >= 0.3 is 0 Å². The van der Waals surface area contributed by atoms with Crippen molar-refractivity contribution in [2.24, 2.45) is 10.2 Å². The number of benzene rings is 2. The molecule has 2 rings (SSSR count). The van der Waals surface area contributed by atoms with Crippen LogP contribution in [0.1, 0.15) is 11.1 Å². The molecule has 0 spiro atoms. The molecule has 0 N–H and O–H groups in total. The molecule has 0 aliphatic carbocycles. The van der Waals surface area contributed by atoms with E-state index in [1.54, 1.807) is 19.5 Å². The predicted octanol–water partition coefficient (Wildman–Crippen LogP) is 3.15. The molecule has 3 heteroatoms. The van der Waals surface area contributed by atoms with Gasteiger partial charge in [-0.2, -0.15) is 10.2 Å². The maximum Gasteiger partial charge on any atom is 0.118 e. The van der Waals surface area contributed by atoms with E-state index in [2.05, 4.69) is 10.2 Å². The van der Waals surface area contributed by atoms with Gasteiger partial charge in [0.05, 0.1) is 19.5 Å². The van der Waals surface area contributed by atoms with E-state index >= 15 is 0 Å². The van der Waals surface area contributed by atoms with Crippen LogP contribution in [0.4, 0.5) is 0 Å². The summed E-state index contributed by atoms with van der Waals surface area (Å²) in [6.45, 7) is 0. The standard InChI is InChI=1S/C15H14N2O/c1-18-15-9-7-14(8-10-15)12-17-16-11-13-5-3-2-4-6-13/h2-12H,1H3/b16-11-,17-12+. The summed E-state index contributed by atoms with van der Waals surface area (Å²) >= 11 is 0. The van der Waals surface area contributed by atoms with Crippen LogP contribution >= 0.6 is 0 Å².